The van der Waals surface area contributed by atoms with E-state index in [9.17, 15) is 4.79 Å². The molecule has 1 nitrogen and oxygen atoms in total. The van der Waals surface area contributed by atoms with Crippen LogP contribution in [-0.4, -0.2) is 5.24 Å². The van der Waals surface area contributed by atoms with Crippen molar-refractivity contribution in [2.75, 3.05) is 0 Å². The molecule has 0 rings (SSSR count). The summed E-state index contributed by atoms with van der Waals surface area (Å²) in [7, 11) is 0. The van der Waals surface area contributed by atoms with Gasteiger partial charge in [-0.15, -0.1) is 0 Å². The summed E-state index contributed by atoms with van der Waals surface area (Å²) in [5.74, 6) is 0. The van der Waals surface area contributed by atoms with E-state index in [1.807, 2.05) is 19.9 Å². The zero-order valence-electron chi connectivity index (χ0n) is 6.73. The molecule has 0 spiro atoms. The predicted molar refractivity (Wildman–Crippen MR) is 48.6 cm³/mol. The summed E-state index contributed by atoms with van der Waals surface area (Å²) < 4.78 is 0. The fourth-order valence-corrected chi connectivity index (χ4v) is 0.656. The largest absolute Gasteiger partial charge is 0.276 e. The molecule has 0 aliphatic heterocycles. The first-order valence-electron chi connectivity index (χ1n) is 3.28. The first kappa shape index (κ1) is 10.2. The van der Waals surface area contributed by atoms with Gasteiger partial charge in [0.05, 0.1) is 0 Å². The fourth-order valence-electron chi connectivity index (χ4n) is 0.525. The molecule has 0 N–H and O–H groups in total. The number of hydrogen-bond donors (Lipinski definition) is 0. The second kappa shape index (κ2) is 4.91. The van der Waals surface area contributed by atoms with E-state index in [0.717, 1.165) is 5.57 Å². The number of allylic oxidation sites excluding steroid dienone is 5. The molecule has 2 heteroatoms. The van der Waals surface area contributed by atoms with Crippen LogP contribution in [0.5, 0.6) is 0 Å². The smallest absolute Gasteiger partial charge is 0.252 e. The van der Waals surface area contributed by atoms with Gasteiger partial charge in [-0.05, 0) is 31.5 Å². The highest BCUT2D eigenvalue weighted by atomic mass is 35.5. The Bertz CT molecular complexity index is 224. The maximum absolute atomic E-state index is 10.6. The Kier molecular flexibility index (Phi) is 4.55. The van der Waals surface area contributed by atoms with Crippen molar-refractivity contribution >= 4 is 16.8 Å². The van der Waals surface area contributed by atoms with Gasteiger partial charge in [-0.25, -0.2) is 0 Å². The van der Waals surface area contributed by atoms with Gasteiger partial charge in [-0.1, -0.05) is 24.3 Å². The third kappa shape index (κ3) is 3.79. The maximum Gasteiger partial charge on any atom is 0.252 e. The zero-order valence-corrected chi connectivity index (χ0v) is 7.48. The Labute approximate surface area is 72.1 Å². The van der Waals surface area contributed by atoms with E-state index < -0.39 is 5.24 Å². The summed E-state index contributed by atoms with van der Waals surface area (Å²) in [6, 6.07) is 0. The van der Waals surface area contributed by atoms with Crippen molar-refractivity contribution in [3.8, 4) is 0 Å². The van der Waals surface area contributed by atoms with Crippen LogP contribution in [0, 0.1) is 0 Å². The van der Waals surface area contributed by atoms with Crippen LogP contribution in [-0.2, 0) is 4.79 Å². The summed E-state index contributed by atoms with van der Waals surface area (Å²) in [4.78, 5) is 10.6. The van der Waals surface area contributed by atoms with Crippen molar-refractivity contribution in [3.05, 3.63) is 36.0 Å². The molecule has 0 heterocycles. The number of carbonyl (C=O) groups excluding carboxylic acids is 1. The van der Waals surface area contributed by atoms with Crippen LogP contribution in [0.1, 0.15) is 13.8 Å². The van der Waals surface area contributed by atoms with Crippen LogP contribution in [0.15, 0.2) is 36.0 Å². The molecule has 0 saturated carbocycles. The summed E-state index contributed by atoms with van der Waals surface area (Å²) in [5.41, 5.74) is 1.43. The lowest BCUT2D eigenvalue weighted by Crippen LogP contribution is -1.88. The molecule has 0 aromatic carbocycles. The van der Waals surface area contributed by atoms with Crippen LogP contribution in [0.2, 0.25) is 0 Å². The van der Waals surface area contributed by atoms with Crippen molar-refractivity contribution in [2.24, 2.45) is 0 Å². The molecule has 0 radical (unpaired) electrons. The van der Waals surface area contributed by atoms with Crippen molar-refractivity contribution in [1.82, 2.24) is 0 Å². The predicted octanol–water partition coefficient (Wildman–Crippen LogP) is 2.83. The first-order chi connectivity index (χ1) is 5.11. The van der Waals surface area contributed by atoms with E-state index in [2.05, 4.69) is 6.58 Å². The summed E-state index contributed by atoms with van der Waals surface area (Å²) >= 11 is 5.24. The number of carbonyl (C=O) groups is 1. The zero-order chi connectivity index (χ0) is 8.85. The SMILES string of the molecule is C=CC(=CC(C)=CC)C(=O)Cl. The highest BCUT2D eigenvalue weighted by molar-refractivity contribution is 6.68. The highest BCUT2D eigenvalue weighted by Gasteiger charge is 1.99. The van der Waals surface area contributed by atoms with Gasteiger partial charge >= 0.3 is 0 Å². The van der Waals surface area contributed by atoms with Crippen LogP contribution in [0.25, 0.3) is 0 Å². The lowest BCUT2D eigenvalue weighted by atomic mass is 10.2. The molecule has 0 aromatic rings. The van der Waals surface area contributed by atoms with Gasteiger partial charge < -0.3 is 0 Å². The van der Waals surface area contributed by atoms with Crippen LogP contribution >= 0.6 is 11.6 Å². The number of hydrogen-bond acceptors (Lipinski definition) is 1. The second-order valence-electron chi connectivity index (χ2n) is 2.11. The van der Waals surface area contributed by atoms with Gasteiger partial charge in [0.1, 0.15) is 0 Å². The quantitative estimate of drug-likeness (QED) is 0.362. The molecule has 0 aromatic heterocycles. The van der Waals surface area contributed by atoms with Crippen molar-refractivity contribution in [3.63, 3.8) is 0 Å². The van der Waals surface area contributed by atoms with Crippen molar-refractivity contribution < 1.29 is 4.79 Å². The highest BCUT2D eigenvalue weighted by Crippen LogP contribution is 2.06. The van der Waals surface area contributed by atoms with Gasteiger partial charge in [0.15, 0.2) is 0 Å². The Morgan fingerprint density at radius 1 is 1.55 bits per heavy atom. The van der Waals surface area contributed by atoms with Gasteiger partial charge in [0.2, 0.25) is 0 Å². The van der Waals surface area contributed by atoms with Gasteiger partial charge in [-0.2, -0.15) is 0 Å². The maximum atomic E-state index is 10.6. The van der Waals surface area contributed by atoms with E-state index in [0.29, 0.717) is 5.57 Å². The Balaban J connectivity index is 4.62. The van der Waals surface area contributed by atoms with Crippen LogP contribution in [0.4, 0.5) is 0 Å². The molecular weight excluding hydrogens is 160 g/mol. The Morgan fingerprint density at radius 2 is 2.09 bits per heavy atom. The Hall–Kier alpha value is -0.820. The van der Waals surface area contributed by atoms with E-state index in [4.69, 9.17) is 11.6 Å². The average Bonchev–Trinajstić information content (AvgIpc) is 1.99. The van der Waals surface area contributed by atoms with Gasteiger partial charge in [0.25, 0.3) is 5.24 Å². The first-order valence-corrected chi connectivity index (χ1v) is 3.66. The average molecular weight is 171 g/mol. The minimum Gasteiger partial charge on any atom is -0.276 e. The van der Waals surface area contributed by atoms with Gasteiger partial charge in [0, 0.05) is 5.57 Å². The van der Waals surface area contributed by atoms with Crippen molar-refractivity contribution in [2.45, 2.75) is 13.8 Å². The summed E-state index contributed by atoms with van der Waals surface area (Å²) in [5, 5.41) is -0.471. The molecule has 0 saturated heterocycles. The molecule has 0 unspecified atom stereocenters. The molecule has 0 atom stereocenters. The third-order valence-corrected chi connectivity index (χ3v) is 1.50. The normalized spacial score (nSPS) is 13.0. The monoisotopic (exact) mass is 170 g/mol. The minimum absolute atomic E-state index is 0.433. The molecule has 11 heavy (non-hydrogen) atoms. The lowest BCUT2D eigenvalue weighted by Gasteiger charge is -1.93. The van der Waals surface area contributed by atoms with E-state index in [1.165, 1.54) is 6.08 Å². The molecular formula is C9H11ClO. The van der Waals surface area contributed by atoms with Crippen LogP contribution in [0.3, 0.4) is 0 Å². The number of rotatable bonds is 3. The molecule has 0 aliphatic rings. The standard InChI is InChI=1S/C9H11ClO/c1-4-7(3)6-8(5-2)9(10)11/h4-6H,2H2,1,3H3. The fraction of sp³-hybridized carbons (Fsp3) is 0.222. The van der Waals surface area contributed by atoms with E-state index >= 15 is 0 Å². The molecule has 0 amide bonds. The minimum atomic E-state index is -0.471. The molecule has 0 aliphatic carbocycles. The van der Waals surface area contributed by atoms with E-state index in [1.54, 1.807) is 6.08 Å². The third-order valence-electron chi connectivity index (χ3n) is 1.29. The topological polar surface area (TPSA) is 17.1 Å². The van der Waals surface area contributed by atoms with E-state index in [-0.39, 0.29) is 0 Å². The number of halogens is 1. The van der Waals surface area contributed by atoms with Crippen molar-refractivity contribution in [1.29, 1.82) is 0 Å². The summed E-state index contributed by atoms with van der Waals surface area (Å²) in [6.45, 7) is 7.26. The van der Waals surface area contributed by atoms with Crippen LogP contribution < -0.4 is 0 Å². The van der Waals surface area contributed by atoms with Gasteiger partial charge in [-0.3, -0.25) is 4.79 Å². The molecule has 60 valence electrons. The molecule has 0 fully saturated rings. The lowest BCUT2D eigenvalue weighted by molar-refractivity contribution is -0.108. The second-order valence-corrected chi connectivity index (χ2v) is 2.45. The summed E-state index contributed by atoms with van der Waals surface area (Å²) in [6.07, 6.45) is 5.04. The Morgan fingerprint density at radius 3 is 2.36 bits per heavy atom. The molecule has 0 bridgehead atoms.